The van der Waals surface area contributed by atoms with E-state index in [-0.39, 0.29) is 12.5 Å². The zero-order valence-corrected chi connectivity index (χ0v) is 15.7. The van der Waals surface area contributed by atoms with Crippen molar-refractivity contribution in [1.29, 1.82) is 0 Å². The van der Waals surface area contributed by atoms with Crippen molar-refractivity contribution in [1.82, 2.24) is 5.32 Å². The van der Waals surface area contributed by atoms with Gasteiger partial charge in [-0.1, -0.05) is 0 Å². The first-order chi connectivity index (χ1) is 12.3. The molecular weight excluding hydrogens is 340 g/mol. The molecule has 2 N–H and O–H groups in total. The number of ether oxygens (including phenoxy) is 4. The summed E-state index contributed by atoms with van der Waals surface area (Å²) in [6.45, 7) is 5.38. The molecule has 1 aliphatic heterocycles. The molecule has 1 aliphatic rings. The minimum atomic E-state index is -0.779. The molecule has 0 radical (unpaired) electrons. The lowest BCUT2D eigenvalue weighted by Gasteiger charge is -2.26. The second-order valence-corrected chi connectivity index (χ2v) is 6.47. The number of nitrogens with one attached hydrogen (secondary N) is 2. The maximum atomic E-state index is 12.8. The van der Waals surface area contributed by atoms with E-state index < -0.39 is 29.9 Å². The van der Waals surface area contributed by atoms with Crippen LogP contribution in [0.5, 0.6) is 5.75 Å². The highest BCUT2D eigenvalue weighted by molar-refractivity contribution is 5.89. The summed E-state index contributed by atoms with van der Waals surface area (Å²) in [5.74, 6) is -0.980. The average Bonchev–Trinajstić information content (AvgIpc) is 2.98. The lowest BCUT2D eigenvalue weighted by Crippen LogP contribution is -2.52. The summed E-state index contributed by atoms with van der Waals surface area (Å²) in [5, 5.41) is 5.79. The number of hydrogen-bond acceptors (Lipinski definition) is 7. The number of carbonyl (C=O) groups excluding carboxylic acids is 2. The molecule has 0 aliphatic carbocycles. The number of benzene rings is 1. The third kappa shape index (κ3) is 5.09. The van der Waals surface area contributed by atoms with Gasteiger partial charge in [0.1, 0.15) is 23.9 Å². The Hall–Kier alpha value is -2.32. The fourth-order valence-electron chi connectivity index (χ4n) is 2.61. The molecule has 0 aromatic heterocycles. The largest absolute Gasteiger partial charge is 0.497 e. The fourth-order valence-corrected chi connectivity index (χ4v) is 2.61. The Morgan fingerprint density at radius 1 is 1.23 bits per heavy atom. The molecule has 8 heteroatoms. The molecule has 144 valence electrons. The Balaban J connectivity index is 2.15. The van der Waals surface area contributed by atoms with E-state index in [0.717, 1.165) is 0 Å². The van der Waals surface area contributed by atoms with Gasteiger partial charge in [-0.05, 0) is 45.0 Å². The zero-order valence-electron chi connectivity index (χ0n) is 15.7. The Bertz CT molecular complexity index is 631. The van der Waals surface area contributed by atoms with E-state index in [1.807, 2.05) is 0 Å². The summed E-state index contributed by atoms with van der Waals surface area (Å²) in [6.07, 6.45) is -0.517. The van der Waals surface area contributed by atoms with Crippen molar-refractivity contribution >= 4 is 17.6 Å². The van der Waals surface area contributed by atoms with Crippen molar-refractivity contribution in [2.45, 2.75) is 44.7 Å². The van der Waals surface area contributed by atoms with E-state index in [2.05, 4.69) is 15.4 Å². The predicted molar refractivity (Wildman–Crippen MR) is 94.9 cm³/mol. The Morgan fingerprint density at radius 2 is 1.88 bits per heavy atom. The quantitative estimate of drug-likeness (QED) is 0.703. The van der Waals surface area contributed by atoms with E-state index in [9.17, 15) is 9.59 Å². The van der Waals surface area contributed by atoms with Gasteiger partial charge in [-0.3, -0.25) is 4.79 Å². The van der Waals surface area contributed by atoms with Gasteiger partial charge >= 0.3 is 5.97 Å². The molecule has 26 heavy (non-hydrogen) atoms. The molecule has 0 saturated carbocycles. The minimum absolute atomic E-state index is 0.251. The van der Waals surface area contributed by atoms with Crippen LogP contribution in [0.3, 0.4) is 0 Å². The normalized spacial score (nSPS) is 20.7. The molecule has 0 spiro atoms. The SMILES string of the molecule is COC(=O)[C@H](C)NC(=O)[C@@H](Nc1ccc(OC)cc1)C1COC(C)(C)O1. The zero-order chi connectivity index (χ0) is 19.3. The van der Waals surface area contributed by atoms with Crippen molar-refractivity contribution in [3.05, 3.63) is 24.3 Å². The minimum Gasteiger partial charge on any atom is -0.497 e. The molecule has 1 aromatic carbocycles. The predicted octanol–water partition coefficient (Wildman–Crippen LogP) is 1.30. The molecule has 1 unspecified atom stereocenters. The van der Waals surface area contributed by atoms with Crippen LogP contribution in [-0.2, 0) is 23.8 Å². The van der Waals surface area contributed by atoms with E-state index in [0.29, 0.717) is 11.4 Å². The number of esters is 1. The molecule has 0 bridgehead atoms. The number of amides is 1. The van der Waals surface area contributed by atoms with E-state index >= 15 is 0 Å². The van der Waals surface area contributed by atoms with Gasteiger partial charge in [-0.25, -0.2) is 4.79 Å². The van der Waals surface area contributed by atoms with Crippen molar-refractivity contribution in [2.75, 3.05) is 26.1 Å². The highest BCUT2D eigenvalue weighted by atomic mass is 16.7. The molecule has 1 amide bonds. The summed E-state index contributed by atoms with van der Waals surface area (Å²) >= 11 is 0. The fraction of sp³-hybridized carbons (Fsp3) is 0.556. The van der Waals surface area contributed by atoms with Crippen LogP contribution >= 0.6 is 0 Å². The van der Waals surface area contributed by atoms with Crippen LogP contribution in [0.15, 0.2) is 24.3 Å². The van der Waals surface area contributed by atoms with Crippen LogP contribution < -0.4 is 15.4 Å². The van der Waals surface area contributed by atoms with E-state index in [1.54, 1.807) is 52.1 Å². The number of rotatable bonds is 7. The third-order valence-corrected chi connectivity index (χ3v) is 4.01. The lowest BCUT2D eigenvalue weighted by atomic mass is 10.1. The van der Waals surface area contributed by atoms with Crippen LogP contribution in [0.1, 0.15) is 20.8 Å². The summed E-state index contributed by atoms with van der Waals surface area (Å²) in [4.78, 5) is 24.4. The smallest absolute Gasteiger partial charge is 0.328 e. The van der Waals surface area contributed by atoms with E-state index in [4.69, 9.17) is 14.2 Å². The molecule has 8 nitrogen and oxygen atoms in total. The third-order valence-electron chi connectivity index (χ3n) is 4.01. The number of hydrogen-bond donors (Lipinski definition) is 2. The molecule has 1 heterocycles. The standard InChI is InChI=1S/C18H26N2O6/c1-11(17(22)24-5)19-16(21)15(14-10-25-18(2,3)26-14)20-12-6-8-13(23-4)9-7-12/h6-9,11,14-15,20H,10H2,1-5H3,(H,19,21)/t11-,14?,15-/m0/s1. The van der Waals surface area contributed by atoms with Crippen molar-refractivity contribution in [3.8, 4) is 5.75 Å². The highest BCUT2D eigenvalue weighted by Gasteiger charge is 2.41. The maximum absolute atomic E-state index is 12.8. The van der Waals surface area contributed by atoms with Gasteiger partial charge < -0.3 is 29.6 Å². The van der Waals surface area contributed by atoms with Gasteiger partial charge in [0.05, 0.1) is 20.8 Å². The van der Waals surface area contributed by atoms with Gasteiger partial charge in [0, 0.05) is 5.69 Å². The van der Waals surface area contributed by atoms with Crippen molar-refractivity contribution in [3.63, 3.8) is 0 Å². The van der Waals surface area contributed by atoms with Gasteiger partial charge in [0.25, 0.3) is 0 Å². The summed E-state index contributed by atoms with van der Waals surface area (Å²) < 4.78 is 21.2. The van der Waals surface area contributed by atoms with Crippen LogP contribution in [-0.4, -0.2) is 56.7 Å². The number of methoxy groups -OCH3 is 2. The van der Waals surface area contributed by atoms with Gasteiger partial charge in [-0.15, -0.1) is 0 Å². The number of anilines is 1. The maximum Gasteiger partial charge on any atom is 0.328 e. The summed E-state index contributed by atoms with van der Waals surface area (Å²) in [7, 11) is 2.85. The Morgan fingerprint density at radius 3 is 2.38 bits per heavy atom. The van der Waals surface area contributed by atoms with Crippen LogP contribution in [0, 0.1) is 0 Å². The summed E-state index contributed by atoms with van der Waals surface area (Å²) in [6, 6.07) is 5.63. The Kier molecular flexibility index (Phi) is 6.44. The molecule has 1 saturated heterocycles. The topological polar surface area (TPSA) is 95.1 Å². The first-order valence-electron chi connectivity index (χ1n) is 8.36. The molecule has 2 rings (SSSR count). The summed E-state index contributed by atoms with van der Waals surface area (Å²) in [5.41, 5.74) is 0.713. The Labute approximate surface area is 153 Å². The molecule has 1 aromatic rings. The first-order valence-corrected chi connectivity index (χ1v) is 8.36. The molecule has 3 atom stereocenters. The van der Waals surface area contributed by atoms with E-state index in [1.165, 1.54) is 7.11 Å². The van der Waals surface area contributed by atoms with Gasteiger partial charge in [0.15, 0.2) is 5.79 Å². The van der Waals surface area contributed by atoms with Crippen LogP contribution in [0.2, 0.25) is 0 Å². The monoisotopic (exact) mass is 366 g/mol. The first kappa shape index (κ1) is 20.0. The van der Waals surface area contributed by atoms with Crippen LogP contribution in [0.4, 0.5) is 5.69 Å². The second kappa shape index (κ2) is 8.37. The highest BCUT2D eigenvalue weighted by Crippen LogP contribution is 2.26. The number of carbonyl (C=O) groups is 2. The molecule has 1 fully saturated rings. The van der Waals surface area contributed by atoms with Gasteiger partial charge in [0.2, 0.25) is 5.91 Å². The van der Waals surface area contributed by atoms with Crippen molar-refractivity contribution < 1.29 is 28.5 Å². The van der Waals surface area contributed by atoms with Gasteiger partial charge in [-0.2, -0.15) is 0 Å². The molecular formula is C18H26N2O6. The second-order valence-electron chi connectivity index (χ2n) is 6.47. The van der Waals surface area contributed by atoms with Crippen molar-refractivity contribution in [2.24, 2.45) is 0 Å². The lowest BCUT2D eigenvalue weighted by molar-refractivity contribution is -0.148. The van der Waals surface area contributed by atoms with Crippen LogP contribution in [0.25, 0.3) is 0 Å². The average molecular weight is 366 g/mol.